The van der Waals surface area contributed by atoms with E-state index in [-0.39, 0.29) is 35.8 Å². The van der Waals surface area contributed by atoms with Crippen molar-refractivity contribution >= 4 is 22.8 Å². The monoisotopic (exact) mass is 587 g/mol. The van der Waals surface area contributed by atoms with E-state index in [0.29, 0.717) is 53.2 Å². The fourth-order valence-corrected chi connectivity index (χ4v) is 6.03. The van der Waals surface area contributed by atoms with Crippen LogP contribution in [0.4, 0.5) is 9.18 Å². The molecule has 12 heteroatoms. The lowest BCUT2D eigenvalue weighted by Gasteiger charge is -2.34. The molecule has 2 aliphatic heterocycles. The Balaban J connectivity index is 1.23. The lowest BCUT2D eigenvalue weighted by Crippen LogP contribution is -2.42. The molecule has 2 aliphatic rings. The normalized spacial score (nSPS) is 18.6. The van der Waals surface area contributed by atoms with Gasteiger partial charge >= 0.3 is 6.09 Å². The van der Waals surface area contributed by atoms with Crippen LogP contribution < -0.4 is 5.56 Å². The Labute approximate surface area is 247 Å². The Morgan fingerprint density at radius 3 is 2.65 bits per heavy atom. The first-order valence-electron chi connectivity index (χ1n) is 14.5. The van der Waals surface area contributed by atoms with Gasteiger partial charge in [-0.3, -0.25) is 14.5 Å². The van der Waals surface area contributed by atoms with Gasteiger partial charge in [-0.05, 0) is 64.3 Å². The van der Waals surface area contributed by atoms with Crippen LogP contribution in [0.25, 0.3) is 10.8 Å². The van der Waals surface area contributed by atoms with Crippen LogP contribution in [0.1, 0.15) is 85.9 Å². The summed E-state index contributed by atoms with van der Waals surface area (Å²) in [5.74, 6) is 0.190. The SMILES string of the molecule is CC1CN(C(=O)c2cc(Cc3n[nH]c(=O)c4ccccc34)ccc2F)Cc2nnc(C3CCCN3C(=O)OC(C)(C)C)n21. The number of halogens is 1. The van der Waals surface area contributed by atoms with Crippen LogP contribution in [-0.4, -0.2) is 65.5 Å². The van der Waals surface area contributed by atoms with E-state index < -0.39 is 17.3 Å². The number of benzene rings is 2. The van der Waals surface area contributed by atoms with E-state index in [1.165, 1.54) is 6.07 Å². The molecule has 2 unspecified atom stereocenters. The summed E-state index contributed by atoms with van der Waals surface area (Å²) in [5.41, 5.74) is 0.376. The number of ether oxygens (including phenoxy) is 1. The highest BCUT2D eigenvalue weighted by Gasteiger charge is 2.39. The number of rotatable bonds is 4. The Hall–Kier alpha value is -4.61. The number of carbonyl (C=O) groups excluding carboxylic acids is 2. The van der Waals surface area contributed by atoms with Gasteiger partial charge in [0.05, 0.1) is 35.3 Å². The van der Waals surface area contributed by atoms with Crippen molar-refractivity contribution in [3.05, 3.63) is 87.1 Å². The zero-order chi connectivity index (χ0) is 30.5. The third kappa shape index (κ3) is 5.49. The van der Waals surface area contributed by atoms with Crippen molar-refractivity contribution in [2.75, 3.05) is 13.1 Å². The van der Waals surface area contributed by atoms with Gasteiger partial charge in [-0.15, -0.1) is 10.2 Å². The molecule has 1 fully saturated rings. The van der Waals surface area contributed by atoms with Crippen molar-refractivity contribution in [2.24, 2.45) is 0 Å². The van der Waals surface area contributed by atoms with Crippen molar-refractivity contribution in [1.29, 1.82) is 0 Å². The minimum absolute atomic E-state index is 0.0430. The maximum atomic E-state index is 15.1. The number of aromatic amines is 1. The summed E-state index contributed by atoms with van der Waals surface area (Å²) in [6.07, 6.45) is 1.49. The number of hydrogen-bond acceptors (Lipinski definition) is 7. The number of nitrogens with one attached hydrogen (secondary N) is 1. The van der Waals surface area contributed by atoms with Crippen LogP contribution in [-0.2, 0) is 17.7 Å². The molecule has 2 amide bonds. The Kier molecular flexibility index (Phi) is 7.23. The first-order chi connectivity index (χ1) is 20.5. The smallest absolute Gasteiger partial charge is 0.410 e. The summed E-state index contributed by atoms with van der Waals surface area (Å²) < 4.78 is 22.7. The molecule has 1 N–H and O–H groups in total. The van der Waals surface area contributed by atoms with Crippen molar-refractivity contribution < 1.29 is 18.7 Å². The number of carbonyl (C=O) groups is 2. The molecule has 0 bridgehead atoms. The van der Waals surface area contributed by atoms with E-state index in [9.17, 15) is 14.4 Å². The van der Waals surface area contributed by atoms with Crippen molar-refractivity contribution in [3.63, 3.8) is 0 Å². The molecule has 0 radical (unpaired) electrons. The molecule has 1 saturated heterocycles. The fraction of sp³-hybridized carbons (Fsp3) is 0.419. The second-order valence-electron chi connectivity index (χ2n) is 12.2. The molecule has 0 aliphatic carbocycles. The van der Waals surface area contributed by atoms with Gasteiger partial charge in [-0.2, -0.15) is 5.10 Å². The molecule has 11 nitrogen and oxygen atoms in total. The fourth-order valence-electron chi connectivity index (χ4n) is 6.03. The van der Waals surface area contributed by atoms with E-state index >= 15 is 4.39 Å². The Morgan fingerprint density at radius 1 is 1.12 bits per heavy atom. The molecule has 43 heavy (non-hydrogen) atoms. The van der Waals surface area contributed by atoms with Crippen LogP contribution in [0.15, 0.2) is 47.3 Å². The molecule has 224 valence electrons. The molecule has 6 rings (SSSR count). The summed E-state index contributed by atoms with van der Waals surface area (Å²) >= 11 is 0. The second-order valence-corrected chi connectivity index (χ2v) is 12.2. The quantitative estimate of drug-likeness (QED) is 0.372. The van der Waals surface area contributed by atoms with Gasteiger partial charge < -0.3 is 14.2 Å². The predicted octanol–water partition coefficient (Wildman–Crippen LogP) is 4.53. The maximum absolute atomic E-state index is 15.1. The van der Waals surface area contributed by atoms with E-state index in [4.69, 9.17) is 4.74 Å². The number of aromatic nitrogens is 5. The van der Waals surface area contributed by atoms with E-state index in [1.807, 2.05) is 44.4 Å². The van der Waals surface area contributed by atoms with Crippen molar-refractivity contribution in [3.8, 4) is 0 Å². The average molecular weight is 588 g/mol. The molecular weight excluding hydrogens is 553 g/mol. The first kappa shape index (κ1) is 28.5. The van der Waals surface area contributed by atoms with Crippen LogP contribution in [0.3, 0.4) is 0 Å². The molecule has 0 saturated carbocycles. The first-order valence-corrected chi connectivity index (χ1v) is 14.5. The summed E-state index contributed by atoms with van der Waals surface area (Å²) in [4.78, 5) is 42.0. The zero-order valence-corrected chi connectivity index (χ0v) is 24.6. The molecular formula is C31H34FN7O4. The van der Waals surface area contributed by atoms with Gasteiger partial charge in [0.2, 0.25) is 0 Å². The summed E-state index contributed by atoms with van der Waals surface area (Å²) in [5, 5.41) is 16.8. The second kappa shape index (κ2) is 10.9. The highest BCUT2D eigenvalue weighted by atomic mass is 19.1. The van der Waals surface area contributed by atoms with Crippen LogP contribution in [0.2, 0.25) is 0 Å². The zero-order valence-electron chi connectivity index (χ0n) is 24.6. The lowest BCUT2D eigenvalue weighted by atomic mass is 10.0. The van der Waals surface area contributed by atoms with Gasteiger partial charge in [0.1, 0.15) is 11.4 Å². The minimum atomic E-state index is -0.618. The average Bonchev–Trinajstić information content (AvgIpc) is 3.62. The van der Waals surface area contributed by atoms with Crippen LogP contribution in [0.5, 0.6) is 0 Å². The predicted molar refractivity (Wildman–Crippen MR) is 156 cm³/mol. The maximum Gasteiger partial charge on any atom is 0.410 e. The minimum Gasteiger partial charge on any atom is -0.444 e. The van der Waals surface area contributed by atoms with Gasteiger partial charge in [0, 0.05) is 24.9 Å². The number of amides is 2. The van der Waals surface area contributed by atoms with Gasteiger partial charge in [0.15, 0.2) is 11.6 Å². The van der Waals surface area contributed by atoms with Crippen LogP contribution >= 0.6 is 0 Å². The lowest BCUT2D eigenvalue weighted by molar-refractivity contribution is 0.0213. The Bertz CT molecular complexity index is 1780. The molecule has 4 aromatic rings. The standard InChI is InChI=1S/C31H34FN7O4/c1-18-16-37(17-26-34-35-27(39(18)26)25-10-7-13-38(25)30(42)43-31(2,3)4)29(41)22-14-19(11-12-23(22)32)15-24-20-8-5-6-9-21(20)28(40)36-33-24/h5-6,8-9,11-12,14,18,25H,7,10,13,15-17H2,1-4H3,(H,36,40). The topological polar surface area (TPSA) is 126 Å². The molecule has 2 atom stereocenters. The highest BCUT2D eigenvalue weighted by molar-refractivity contribution is 5.95. The number of likely N-dealkylation sites (tertiary alicyclic amines) is 1. The van der Waals surface area contributed by atoms with E-state index in [2.05, 4.69) is 20.4 Å². The number of fused-ring (bicyclic) bond motifs is 2. The van der Waals surface area contributed by atoms with Gasteiger partial charge in [-0.25, -0.2) is 14.3 Å². The van der Waals surface area contributed by atoms with Crippen molar-refractivity contribution in [2.45, 2.75) is 71.2 Å². The van der Waals surface area contributed by atoms with E-state index in [0.717, 1.165) is 12.8 Å². The number of H-pyrrole nitrogens is 1. The number of nitrogens with zero attached hydrogens (tertiary/aromatic N) is 6. The number of hydrogen-bond donors (Lipinski definition) is 1. The molecule has 4 heterocycles. The summed E-state index contributed by atoms with van der Waals surface area (Å²) in [6, 6.07) is 11.1. The molecule has 2 aromatic carbocycles. The van der Waals surface area contributed by atoms with Crippen molar-refractivity contribution in [1.82, 2.24) is 34.8 Å². The third-order valence-electron chi connectivity index (χ3n) is 7.92. The summed E-state index contributed by atoms with van der Waals surface area (Å²) in [7, 11) is 0. The Morgan fingerprint density at radius 2 is 1.88 bits per heavy atom. The van der Waals surface area contributed by atoms with Gasteiger partial charge in [-0.1, -0.05) is 24.3 Å². The third-order valence-corrected chi connectivity index (χ3v) is 7.92. The molecule has 2 aromatic heterocycles. The summed E-state index contributed by atoms with van der Waals surface area (Å²) in [6.45, 7) is 8.52. The largest absolute Gasteiger partial charge is 0.444 e. The molecule has 0 spiro atoms. The highest BCUT2D eigenvalue weighted by Crippen LogP contribution is 2.35. The van der Waals surface area contributed by atoms with E-state index in [1.54, 1.807) is 34.1 Å². The van der Waals surface area contributed by atoms with Crippen LogP contribution in [0, 0.1) is 5.82 Å². The van der Waals surface area contributed by atoms with Gasteiger partial charge in [0.25, 0.3) is 11.5 Å².